The molecular formula is C26H30KN3O5S. The Morgan fingerprint density at radius 3 is 2.44 bits per heavy atom. The molecule has 2 aromatic rings. The number of carbonyl (C=O) groups excluding carboxylic acids is 3. The number of nitrogens with zero attached hydrogens (tertiary/aromatic N) is 2. The number of phenolic OH excluding ortho intramolecular Hbond substituents is 1. The number of aliphatic hydroxyl groups is 1. The molecule has 10 heteroatoms. The number of benzene rings is 2. The summed E-state index contributed by atoms with van der Waals surface area (Å²) >= 11 is 0.474. The summed E-state index contributed by atoms with van der Waals surface area (Å²) in [7, 11) is 0. The molecule has 2 atom stereocenters. The number of phenols is 1. The SMILES string of the molecule is C#CCN(CC)C(=O)C[N-]SC(=O)[C@@H](O)[C@H](Cc1ccccc1)NC(=O)c1ccc(C)c(O)c1C.[K+]. The molecule has 0 aliphatic heterocycles. The first-order valence-electron chi connectivity index (χ1n) is 11.1. The smallest absolute Gasteiger partial charge is 0.592 e. The van der Waals surface area contributed by atoms with Crippen LogP contribution in [0.5, 0.6) is 5.75 Å². The molecule has 8 nitrogen and oxygen atoms in total. The monoisotopic (exact) mass is 535 g/mol. The number of aliphatic hydroxyl groups excluding tert-OH is 1. The summed E-state index contributed by atoms with van der Waals surface area (Å²) in [5.41, 5.74) is 2.07. The summed E-state index contributed by atoms with van der Waals surface area (Å²) in [6, 6.07) is 11.3. The normalized spacial score (nSPS) is 12.0. The zero-order chi connectivity index (χ0) is 26.0. The van der Waals surface area contributed by atoms with Crippen LogP contribution in [0.1, 0.15) is 34.0 Å². The Bertz CT molecular complexity index is 1090. The molecule has 0 spiro atoms. The van der Waals surface area contributed by atoms with Crippen molar-refractivity contribution in [3.63, 3.8) is 0 Å². The summed E-state index contributed by atoms with van der Waals surface area (Å²) in [5, 5.41) is 23.0. The van der Waals surface area contributed by atoms with E-state index in [1.54, 1.807) is 32.9 Å². The quantitative estimate of drug-likeness (QED) is 0.207. The van der Waals surface area contributed by atoms with Crippen molar-refractivity contribution in [2.45, 2.75) is 39.3 Å². The molecule has 2 rings (SSSR count). The number of likely N-dealkylation sites (N-methyl/N-ethyl adjacent to an activating group) is 1. The van der Waals surface area contributed by atoms with Crippen molar-refractivity contribution in [1.82, 2.24) is 10.2 Å². The van der Waals surface area contributed by atoms with Gasteiger partial charge in [-0.2, -0.15) is 0 Å². The van der Waals surface area contributed by atoms with Crippen LogP contribution in [0, 0.1) is 26.2 Å². The van der Waals surface area contributed by atoms with E-state index in [0.29, 0.717) is 29.6 Å². The van der Waals surface area contributed by atoms with Crippen LogP contribution in [0.15, 0.2) is 42.5 Å². The van der Waals surface area contributed by atoms with Crippen LogP contribution in [0.2, 0.25) is 0 Å². The first-order valence-corrected chi connectivity index (χ1v) is 11.9. The Hall–Kier alpha value is -1.68. The molecule has 0 aliphatic carbocycles. The Kier molecular flexibility index (Phi) is 14.6. The molecule has 0 bridgehead atoms. The van der Waals surface area contributed by atoms with Crippen LogP contribution in [0.4, 0.5) is 0 Å². The molecule has 0 saturated carbocycles. The van der Waals surface area contributed by atoms with E-state index in [2.05, 4.69) is 16.0 Å². The van der Waals surface area contributed by atoms with Gasteiger partial charge >= 0.3 is 51.4 Å². The van der Waals surface area contributed by atoms with E-state index < -0.39 is 23.2 Å². The third kappa shape index (κ3) is 9.32. The number of carbonyl (C=O) groups is 3. The molecule has 3 N–H and O–H groups in total. The molecule has 0 unspecified atom stereocenters. The van der Waals surface area contributed by atoms with Crippen LogP contribution in [0.3, 0.4) is 0 Å². The van der Waals surface area contributed by atoms with E-state index in [0.717, 1.165) is 5.56 Å². The number of amides is 2. The van der Waals surface area contributed by atoms with Crippen molar-refractivity contribution in [1.29, 1.82) is 0 Å². The summed E-state index contributed by atoms with van der Waals surface area (Å²) < 4.78 is 3.91. The molecule has 0 heterocycles. The average Bonchev–Trinajstić information content (AvgIpc) is 2.85. The van der Waals surface area contributed by atoms with Gasteiger partial charge < -0.3 is 25.2 Å². The maximum absolute atomic E-state index is 13.0. The van der Waals surface area contributed by atoms with Gasteiger partial charge in [0.1, 0.15) is 11.9 Å². The fourth-order valence-electron chi connectivity index (χ4n) is 3.39. The zero-order valence-corrected chi connectivity index (χ0v) is 25.0. The molecule has 0 fully saturated rings. The second-order valence-electron chi connectivity index (χ2n) is 7.93. The topological polar surface area (TPSA) is 121 Å². The molecule has 0 aromatic heterocycles. The van der Waals surface area contributed by atoms with Crippen molar-refractivity contribution in [2.75, 3.05) is 19.6 Å². The maximum atomic E-state index is 13.0. The Morgan fingerprint density at radius 2 is 1.83 bits per heavy atom. The van der Waals surface area contributed by atoms with Gasteiger partial charge in [-0.15, -0.1) is 6.42 Å². The second-order valence-corrected chi connectivity index (χ2v) is 8.77. The Labute approximate surface area is 259 Å². The van der Waals surface area contributed by atoms with Gasteiger partial charge in [0.15, 0.2) is 5.12 Å². The number of aryl methyl sites for hydroxylation is 1. The van der Waals surface area contributed by atoms with Crippen LogP contribution in [-0.4, -0.2) is 63.8 Å². The van der Waals surface area contributed by atoms with E-state index in [-0.39, 0.29) is 88.1 Å². The molecular weight excluding hydrogens is 505 g/mol. The second kappa shape index (κ2) is 16.2. The minimum atomic E-state index is -1.59. The molecule has 0 aliphatic rings. The van der Waals surface area contributed by atoms with Gasteiger partial charge in [-0.05, 0) is 44.4 Å². The minimum Gasteiger partial charge on any atom is -0.592 e. The number of rotatable bonds is 11. The third-order valence-electron chi connectivity index (χ3n) is 5.49. The Morgan fingerprint density at radius 1 is 1.17 bits per heavy atom. The zero-order valence-electron chi connectivity index (χ0n) is 21.0. The van der Waals surface area contributed by atoms with E-state index in [1.165, 1.54) is 4.90 Å². The van der Waals surface area contributed by atoms with Crippen LogP contribution in [-0.2, 0) is 16.0 Å². The molecule has 186 valence electrons. The summed E-state index contributed by atoms with van der Waals surface area (Å²) in [4.78, 5) is 39.2. The van der Waals surface area contributed by atoms with Crippen molar-refractivity contribution < 1.29 is 76.0 Å². The summed E-state index contributed by atoms with van der Waals surface area (Å²) in [6.45, 7) is 5.42. The predicted molar refractivity (Wildman–Crippen MR) is 137 cm³/mol. The van der Waals surface area contributed by atoms with Gasteiger partial charge in [0.05, 0.1) is 12.6 Å². The van der Waals surface area contributed by atoms with Crippen molar-refractivity contribution in [3.8, 4) is 18.1 Å². The van der Waals surface area contributed by atoms with E-state index in [4.69, 9.17) is 6.42 Å². The molecule has 2 amide bonds. The van der Waals surface area contributed by atoms with Gasteiger partial charge in [0.25, 0.3) is 5.91 Å². The van der Waals surface area contributed by atoms with Crippen molar-refractivity contribution in [2.24, 2.45) is 0 Å². The van der Waals surface area contributed by atoms with Gasteiger partial charge in [-0.25, -0.2) is 11.9 Å². The van der Waals surface area contributed by atoms with Gasteiger partial charge in [-0.3, -0.25) is 14.4 Å². The average molecular weight is 536 g/mol. The van der Waals surface area contributed by atoms with Crippen molar-refractivity contribution >= 4 is 28.9 Å². The fraction of sp³-hybridized carbons (Fsp3) is 0.346. The van der Waals surface area contributed by atoms with E-state index in [9.17, 15) is 24.6 Å². The summed E-state index contributed by atoms with van der Waals surface area (Å²) in [5.74, 6) is 1.54. The third-order valence-corrected chi connectivity index (χ3v) is 6.17. The minimum absolute atomic E-state index is 0. The van der Waals surface area contributed by atoms with Crippen LogP contribution < -0.4 is 56.7 Å². The number of aromatic hydroxyl groups is 1. The van der Waals surface area contributed by atoms with Crippen molar-refractivity contribution in [3.05, 3.63) is 69.4 Å². The Balaban J connectivity index is 0.00000648. The molecule has 0 radical (unpaired) electrons. The largest absolute Gasteiger partial charge is 1.00 e. The maximum Gasteiger partial charge on any atom is 1.00 e. The first kappa shape index (κ1) is 32.3. The van der Waals surface area contributed by atoms with E-state index >= 15 is 0 Å². The van der Waals surface area contributed by atoms with Gasteiger partial charge in [-0.1, -0.05) is 48.9 Å². The number of terminal acetylenes is 1. The number of nitrogens with one attached hydrogen (secondary N) is 1. The first-order chi connectivity index (χ1) is 16.7. The standard InChI is InChI=1S/C26H30N3O5S.K/c1-5-14-29(6-2)22(30)16-27-35-26(34)24(32)21(15-19-10-8-7-9-11-19)28-25(33)20-13-12-17(3)23(31)18(20)4;/h1,7-13,21,24,31-32H,6,14-16H2,2-4H3,(H,28,33);/q-1;+1/t21-,24-;/m0./s1. The predicted octanol–water partition coefficient (Wildman–Crippen LogP) is -0.255. The van der Waals surface area contributed by atoms with Gasteiger partial charge in [0.2, 0.25) is 5.91 Å². The molecule has 2 aromatic carbocycles. The van der Waals surface area contributed by atoms with Crippen LogP contribution >= 0.6 is 11.9 Å². The van der Waals surface area contributed by atoms with E-state index in [1.807, 2.05) is 30.3 Å². The van der Waals surface area contributed by atoms with Crippen LogP contribution in [0.25, 0.3) is 4.72 Å². The number of hydrogen-bond donors (Lipinski definition) is 3. The number of hydrogen-bond acceptors (Lipinski definition) is 6. The molecule has 0 saturated heterocycles. The molecule has 36 heavy (non-hydrogen) atoms. The van der Waals surface area contributed by atoms with Gasteiger partial charge in [0, 0.05) is 17.7 Å². The fourth-order valence-corrected chi connectivity index (χ4v) is 3.97. The summed E-state index contributed by atoms with van der Waals surface area (Å²) in [6.07, 6.45) is 3.84.